The first kappa shape index (κ1) is 10.3. The second kappa shape index (κ2) is 4.53. The van der Waals surface area contributed by atoms with Gasteiger partial charge in [0.15, 0.2) is 12.6 Å². The number of rotatable bonds is 2. The molecule has 1 unspecified atom stereocenters. The smallest absolute Gasteiger partial charge is 0.184 e. The van der Waals surface area contributed by atoms with Crippen molar-refractivity contribution in [2.45, 2.75) is 18.5 Å². The van der Waals surface area contributed by atoms with Crippen molar-refractivity contribution in [3.8, 4) is 0 Å². The molecule has 1 N–H and O–H groups in total. The quantitative estimate of drug-likeness (QED) is 0.725. The van der Waals surface area contributed by atoms with Crippen molar-refractivity contribution < 1.29 is 19.4 Å². The van der Waals surface area contributed by atoms with Gasteiger partial charge in [-0.15, -0.1) is 0 Å². The van der Waals surface area contributed by atoms with E-state index in [0.717, 1.165) is 5.56 Å². The van der Waals surface area contributed by atoms with E-state index in [-0.39, 0.29) is 6.61 Å². The summed E-state index contributed by atoms with van der Waals surface area (Å²) in [5.41, 5.74) is 0.844. The zero-order valence-electron chi connectivity index (χ0n) is 8.08. The molecule has 1 aromatic rings. The molecule has 1 saturated heterocycles. The molecule has 1 fully saturated rings. The number of carbonyl (C=O) groups excluding carboxylic acids is 1. The molecule has 80 valence electrons. The number of aliphatic hydroxyl groups is 1. The number of ether oxygens (including phenoxy) is 2. The lowest BCUT2D eigenvalue weighted by molar-refractivity contribution is -0.246. The van der Waals surface area contributed by atoms with Gasteiger partial charge in [0.2, 0.25) is 0 Å². The van der Waals surface area contributed by atoms with Gasteiger partial charge in [-0.25, -0.2) is 0 Å². The van der Waals surface area contributed by atoms with E-state index in [1.165, 1.54) is 0 Å². The van der Waals surface area contributed by atoms with Crippen LogP contribution in [0.15, 0.2) is 30.3 Å². The molecular formula is C11H12O4. The van der Waals surface area contributed by atoms with Crippen molar-refractivity contribution in [2.75, 3.05) is 6.61 Å². The highest BCUT2D eigenvalue weighted by atomic mass is 16.7. The van der Waals surface area contributed by atoms with Gasteiger partial charge in [-0.3, -0.25) is 0 Å². The summed E-state index contributed by atoms with van der Waals surface area (Å²) in [5, 5.41) is 9.35. The van der Waals surface area contributed by atoms with Gasteiger partial charge in [0.05, 0.1) is 6.61 Å². The van der Waals surface area contributed by atoms with Crippen molar-refractivity contribution >= 4 is 6.29 Å². The SMILES string of the molecule is O=C[C@@H]1OC(c2ccccc2)OC[C@H]1O. The third-order valence-corrected chi connectivity index (χ3v) is 2.28. The highest BCUT2D eigenvalue weighted by Crippen LogP contribution is 2.25. The van der Waals surface area contributed by atoms with Gasteiger partial charge >= 0.3 is 0 Å². The molecule has 0 bridgehead atoms. The highest BCUT2D eigenvalue weighted by Gasteiger charge is 2.30. The topological polar surface area (TPSA) is 55.8 Å². The number of hydrogen-bond donors (Lipinski definition) is 1. The Morgan fingerprint density at radius 1 is 1.33 bits per heavy atom. The van der Waals surface area contributed by atoms with Crippen LogP contribution in [0.3, 0.4) is 0 Å². The first-order valence-corrected chi connectivity index (χ1v) is 4.76. The average Bonchev–Trinajstić information content (AvgIpc) is 2.31. The fourth-order valence-electron chi connectivity index (χ4n) is 1.46. The molecule has 1 aliphatic heterocycles. The molecular weight excluding hydrogens is 196 g/mol. The Bertz CT molecular complexity index is 325. The number of aliphatic hydroxyl groups excluding tert-OH is 1. The largest absolute Gasteiger partial charge is 0.388 e. The summed E-state index contributed by atoms with van der Waals surface area (Å²) >= 11 is 0. The molecule has 0 spiro atoms. The van der Waals surface area contributed by atoms with Gasteiger partial charge in [-0.1, -0.05) is 30.3 Å². The molecule has 1 heterocycles. The Hall–Kier alpha value is -1.23. The van der Waals surface area contributed by atoms with Crippen LogP contribution in [0.4, 0.5) is 0 Å². The first-order chi connectivity index (χ1) is 7.31. The maximum absolute atomic E-state index is 10.6. The van der Waals surface area contributed by atoms with Crippen LogP contribution in [0.1, 0.15) is 11.9 Å². The van der Waals surface area contributed by atoms with Crippen molar-refractivity contribution in [1.29, 1.82) is 0 Å². The van der Waals surface area contributed by atoms with Crippen LogP contribution in [0.2, 0.25) is 0 Å². The monoisotopic (exact) mass is 208 g/mol. The van der Waals surface area contributed by atoms with Crippen molar-refractivity contribution in [3.63, 3.8) is 0 Å². The molecule has 0 aliphatic carbocycles. The van der Waals surface area contributed by atoms with Gasteiger partial charge in [0.25, 0.3) is 0 Å². The van der Waals surface area contributed by atoms with E-state index >= 15 is 0 Å². The Morgan fingerprint density at radius 3 is 2.73 bits per heavy atom. The van der Waals surface area contributed by atoms with Crippen LogP contribution in [0.25, 0.3) is 0 Å². The maximum Gasteiger partial charge on any atom is 0.184 e. The van der Waals surface area contributed by atoms with Gasteiger partial charge in [0, 0.05) is 5.56 Å². The van der Waals surface area contributed by atoms with E-state index in [1.54, 1.807) is 0 Å². The van der Waals surface area contributed by atoms with Crippen LogP contribution < -0.4 is 0 Å². The molecule has 1 aliphatic rings. The van der Waals surface area contributed by atoms with Crippen LogP contribution in [-0.4, -0.2) is 30.2 Å². The summed E-state index contributed by atoms with van der Waals surface area (Å²) in [6.45, 7) is 0.114. The van der Waals surface area contributed by atoms with E-state index < -0.39 is 18.5 Å². The molecule has 4 heteroatoms. The Labute approximate surface area is 87.4 Å². The Kier molecular flexibility index (Phi) is 3.11. The summed E-state index contributed by atoms with van der Waals surface area (Å²) < 4.78 is 10.6. The van der Waals surface area contributed by atoms with Crippen LogP contribution >= 0.6 is 0 Å². The average molecular weight is 208 g/mol. The fraction of sp³-hybridized carbons (Fsp3) is 0.364. The molecule has 0 radical (unpaired) electrons. The maximum atomic E-state index is 10.6. The van der Waals surface area contributed by atoms with Crippen molar-refractivity contribution in [2.24, 2.45) is 0 Å². The minimum absolute atomic E-state index is 0.114. The van der Waals surface area contributed by atoms with Gasteiger partial charge in [-0.2, -0.15) is 0 Å². The molecule has 0 saturated carbocycles. The van der Waals surface area contributed by atoms with E-state index in [4.69, 9.17) is 9.47 Å². The lowest BCUT2D eigenvalue weighted by Gasteiger charge is -2.31. The lowest BCUT2D eigenvalue weighted by Crippen LogP contribution is -2.41. The summed E-state index contributed by atoms with van der Waals surface area (Å²) in [7, 11) is 0. The standard InChI is InChI=1S/C11H12O4/c12-6-10-9(13)7-14-11(15-10)8-4-2-1-3-5-8/h1-6,9-11,13H,7H2/t9-,10+,11?/m1/s1. The van der Waals surface area contributed by atoms with Crippen LogP contribution in [0.5, 0.6) is 0 Å². The minimum Gasteiger partial charge on any atom is -0.388 e. The lowest BCUT2D eigenvalue weighted by atomic mass is 10.1. The van der Waals surface area contributed by atoms with E-state index in [1.807, 2.05) is 30.3 Å². The molecule has 1 aromatic carbocycles. The molecule has 15 heavy (non-hydrogen) atoms. The second-order valence-corrected chi connectivity index (χ2v) is 3.38. The van der Waals surface area contributed by atoms with E-state index in [9.17, 15) is 9.90 Å². The number of hydrogen-bond acceptors (Lipinski definition) is 4. The number of carbonyl (C=O) groups is 1. The van der Waals surface area contributed by atoms with Crippen molar-refractivity contribution in [1.82, 2.24) is 0 Å². The molecule has 0 aromatic heterocycles. The van der Waals surface area contributed by atoms with E-state index in [2.05, 4.69) is 0 Å². The van der Waals surface area contributed by atoms with Gasteiger partial charge in [0.1, 0.15) is 12.2 Å². The number of aldehydes is 1. The summed E-state index contributed by atoms with van der Waals surface area (Å²) in [6, 6.07) is 9.32. The summed E-state index contributed by atoms with van der Waals surface area (Å²) in [5.74, 6) is 0. The molecule has 4 nitrogen and oxygen atoms in total. The molecule has 3 atom stereocenters. The van der Waals surface area contributed by atoms with Crippen molar-refractivity contribution in [3.05, 3.63) is 35.9 Å². The van der Waals surface area contributed by atoms with Crippen LogP contribution in [0, 0.1) is 0 Å². The molecule has 2 rings (SSSR count). The first-order valence-electron chi connectivity index (χ1n) is 4.76. The zero-order chi connectivity index (χ0) is 10.7. The summed E-state index contributed by atoms with van der Waals surface area (Å²) in [6.07, 6.45) is -1.64. The fourth-order valence-corrected chi connectivity index (χ4v) is 1.46. The molecule has 0 amide bonds. The third-order valence-electron chi connectivity index (χ3n) is 2.28. The second-order valence-electron chi connectivity index (χ2n) is 3.38. The van der Waals surface area contributed by atoms with E-state index in [0.29, 0.717) is 6.29 Å². The summed E-state index contributed by atoms with van der Waals surface area (Å²) in [4.78, 5) is 10.6. The normalized spacial score (nSPS) is 31.1. The predicted molar refractivity (Wildman–Crippen MR) is 52.1 cm³/mol. The van der Waals surface area contributed by atoms with Gasteiger partial charge < -0.3 is 19.4 Å². The third kappa shape index (κ3) is 2.23. The predicted octanol–water partition coefficient (Wildman–Crippen LogP) is 0.660. The highest BCUT2D eigenvalue weighted by molar-refractivity contribution is 5.57. The van der Waals surface area contributed by atoms with Gasteiger partial charge in [-0.05, 0) is 0 Å². The number of benzene rings is 1. The Balaban J connectivity index is 2.09. The van der Waals surface area contributed by atoms with Crippen LogP contribution in [-0.2, 0) is 14.3 Å². The zero-order valence-corrected chi connectivity index (χ0v) is 8.08. The Morgan fingerprint density at radius 2 is 2.07 bits per heavy atom. The minimum atomic E-state index is -0.873.